The lowest BCUT2D eigenvalue weighted by Gasteiger charge is -2.42. The maximum atomic E-state index is 12.9. The third kappa shape index (κ3) is 4.26. The lowest BCUT2D eigenvalue weighted by atomic mass is 9.73. The highest BCUT2D eigenvalue weighted by Gasteiger charge is 2.43. The molecule has 27 heavy (non-hydrogen) atoms. The smallest absolute Gasteiger partial charge is 0.310 e. The van der Waals surface area contributed by atoms with Gasteiger partial charge in [0.1, 0.15) is 5.75 Å². The minimum atomic E-state index is -0.802. The Kier molecular flexibility index (Phi) is 6.05. The van der Waals surface area contributed by atoms with Gasteiger partial charge in [0.15, 0.2) is 0 Å². The summed E-state index contributed by atoms with van der Waals surface area (Å²) in [4.78, 5) is 29.0. The Balaban J connectivity index is 1.65. The second-order valence-electron chi connectivity index (χ2n) is 7.93. The summed E-state index contributed by atoms with van der Waals surface area (Å²) >= 11 is 0. The van der Waals surface area contributed by atoms with Gasteiger partial charge < -0.3 is 14.7 Å². The topological polar surface area (TPSA) is 70.1 Å². The predicted octanol–water partition coefficient (Wildman–Crippen LogP) is 2.42. The number of aliphatic carboxylic acids is 1. The van der Waals surface area contributed by atoms with Crippen LogP contribution >= 0.6 is 0 Å². The Labute approximate surface area is 161 Å². The zero-order valence-corrected chi connectivity index (χ0v) is 16.3. The number of likely N-dealkylation sites (N-methyl/N-ethyl adjacent to an activating group) is 1. The van der Waals surface area contributed by atoms with Gasteiger partial charge in [0.2, 0.25) is 5.91 Å². The van der Waals surface area contributed by atoms with Crippen molar-refractivity contribution >= 4 is 11.9 Å². The zero-order valence-electron chi connectivity index (χ0n) is 16.3. The van der Waals surface area contributed by atoms with Crippen molar-refractivity contribution in [1.29, 1.82) is 0 Å². The number of carbonyl (C=O) groups excluding carboxylic acids is 1. The number of ether oxygens (including phenoxy) is 1. The van der Waals surface area contributed by atoms with Gasteiger partial charge >= 0.3 is 5.97 Å². The molecule has 1 N–H and O–H groups in total. The van der Waals surface area contributed by atoms with Crippen LogP contribution in [0.25, 0.3) is 0 Å². The van der Waals surface area contributed by atoms with Crippen LogP contribution in [0.15, 0.2) is 24.3 Å². The molecule has 2 saturated heterocycles. The maximum Gasteiger partial charge on any atom is 0.310 e. The molecule has 0 saturated carbocycles. The van der Waals surface area contributed by atoms with Crippen molar-refractivity contribution in [3.8, 4) is 5.75 Å². The third-order valence-corrected chi connectivity index (χ3v) is 6.24. The molecule has 0 aliphatic carbocycles. The van der Waals surface area contributed by atoms with Gasteiger partial charge in [0, 0.05) is 13.1 Å². The Hall–Kier alpha value is -2.08. The molecule has 0 bridgehead atoms. The van der Waals surface area contributed by atoms with Crippen molar-refractivity contribution in [1.82, 2.24) is 9.80 Å². The number of hydrogen-bond acceptors (Lipinski definition) is 4. The molecule has 2 fully saturated rings. The van der Waals surface area contributed by atoms with Crippen LogP contribution in [0, 0.1) is 5.41 Å². The summed E-state index contributed by atoms with van der Waals surface area (Å²) in [5.41, 5.74) is 0.189. The molecule has 2 aliphatic heterocycles. The molecule has 1 amide bonds. The van der Waals surface area contributed by atoms with Gasteiger partial charge in [-0.1, -0.05) is 18.6 Å². The first-order valence-corrected chi connectivity index (χ1v) is 9.80. The summed E-state index contributed by atoms with van der Waals surface area (Å²) in [6.07, 6.45) is 4.61. The normalized spacial score (nSPS) is 23.0. The average Bonchev–Trinajstić information content (AvgIpc) is 2.69. The van der Waals surface area contributed by atoms with E-state index >= 15 is 0 Å². The van der Waals surface area contributed by atoms with E-state index < -0.39 is 11.4 Å². The predicted molar refractivity (Wildman–Crippen MR) is 103 cm³/mol. The Morgan fingerprint density at radius 2 is 1.81 bits per heavy atom. The van der Waals surface area contributed by atoms with E-state index in [0.717, 1.165) is 37.1 Å². The Bertz CT molecular complexity index is 665. The Morgan fingerprint density at radius 1 is 1.15 bits per heavy atom. The van der Waals surface area contributed by atoms with Crippen molar-refractivity contribution in [3.05, 3.63) is 29.8 Å². The molecule has 0 radical (unpaired) electrons. The van der Waals surface area contributed by atoms with Crippen LogP contribution in [-0.2, 0) is 16.0 Å². The summed E-state index contributed by atoms with van der Waals surface area (Å²) in [6, 6.07) is 7.54. The van der Waals surface area contributed by atoms with E-state index in [0.29, 0.717) is 32.4 Å². The number of carboxylic acid groups (broad SMARTS) is 1. The summed E-state index contributed by atoms with van der Waals surface area (Å²) in [6.45, 7) is 2.00. The molecule has 2 heterocycles. The molecule has 0 aromatic heterocycles. The SMILES string of the molecule is COc1ccc(CC2(C(=O)O)CCN(C(=O)C3CCCCN3C)CC2)cc1. The minimum absolute atomic E-state index is 0.0438. The number of benzene rings is 1. The van der Waals surface area contributed by atoms with E-state index in [1.165, 1.54) is 0 Å². The minimum Gasteiger partial charge on any atom is -0.497 e. The van der Waals surface area contributed by atoms with E-state index in [4.69, 9.17) is 4.74 Å². The number of carbonyl (C=O) groups is 2. The number of rotatable bonds is 5. The van der Waals surface area contributed by atoms with Crippen molar-refractivity contribution in [2.75, 3.05) is 33.8 Å². The second-order valence-corrected chi connectivity index (χ2v) is 7.93. The first kappa shape index (κ1) is 19.7. The van der Waals surface area contributed by atoms with Crippen LogP contribution in [0.3, 0.4) is 0 Å². The first-order chi connectivity index (χ1) is 12.9. The largest absolute Gasteiger partial charge is 0.497 e. The molecule has 1 aromatic rings. The number of methoxy groups -OCH3 is 1. The van der Waals surface area contributed by atoms with Crippen molar-refractivity contribution < 1.29 is 19.4 Å². The quantitative estimate of drug-likeness (QED) is 0.857. The molecule has 6 heteroatoms. The highest BCUT2D eigenvalue weighted by atomic mass is 16.5. The number of amides is 1. The van der Waals surface area contributed by atoms with Crippen molar-refractivity contribution in [3.63, 3.8) is 0 Å². The molecule has 1 atom stereocenters. The molecular weight excluding hydrogens is 344 g/mol. The highest BCUT2D eigenvalue weighted by molar-refractivity contribution is 5.83. The Morgan fingerprint density at radius 3 is 2.37 bits per heavy atom. The van der Waals surface area contributed by atoms with Crippen LogP contribution in [-0.4, -0.2) is 66.6 Å². The van der Waals surface area contributed by atoms with Gasteiger partial charge in [0.05, 0.1) is 18.6 Å². The summed E-state index contributed by atoms with van der Waals surface area (Å²) in [7, 11) is 3.63. The average molecular weight is 374 g/mol. The van der Waals surface area contributed by atoms with Crippen molar-refractivity contribution in [2.45, 2.75) is 44.6 Å². The van der Waals surface area contributed by atoms with E-state index in [2.05, 4.69) is 4.90 Å². The zero-order chi connectivity index (χ0) is 19.4. The molecule has 6 nitrogen and oxygen atoms in total. The number of carboxylic acids is 1. The van der Waals surface area contributed by atoms with Crippen LogP contribution in [0.2, 0.25) is 0 Å². The van der Waals surface area contributed by atoms with E-state index in [9.17, 15) is 14.7 Å². The number of hydrogen-bond donors (Lipinski definition) is 1. The van der Waals surface area contributed by atoms with Gasteiger partial charge in [-0.2, -0.15) is 0 Å². The molecule has 2 aliphatic rings. The van der Waals surface area contributed by atoms with Gasteiger partial charge in [-0.25, -0.2) is 0 Å². The summed E-state index contributed by atoms with van der Waals surface area (Å²) < 4.78 is 5.17. The number of nitrogens with zero attached hydrogens (tertiary/aromatic N) is 2. The fourth-order valence-corrected chi connectivity index (χ4v) is 4.35. The van der Waals surface area contributed by atoms with Crippen LogP contribution in [0.4, 0.5) is 0 Å². The van der Waals surface area contributed by atoms with Crippen molar-refractivity contribution in [2.24, 2.45) is 5.41 Å². The van der Waals surface area contributed by atoms with Crippen LogP contribution < -0.4 is 4.74 Å². The third-order valence-electron chi connectivity index (χ3n) is 6.24. The summed E-state index contributed by atoms with van der Waals surface area (Å²) in [5, 5.41) is 9.93. The summed E-state index contributed by atoms with van der Waals surface area (Å²) in [5.74, 6) is 0.168. The van der Waals surface area contributed by atoms with Gasteiger partial charge in [-0.05, 0) is 63.4 Å². The lowest BCUT2D eigenvalue weighted by molar-refractivity contribution is -0.155. The number of piperidine rings is 2. The fraction of sp³-hybridized carbons (Fsp3) is 0.619. The van der Waals surface area contributed by atoms with E-state index in [1.807, 2.05) is 36.2 Å². The van der Waals surface area contributed by atoms with Gasteiger partial charge in [-0.3, -0.25) is 14.5 Å². The molecular formula is C21H30N2O4. The maximum absolute atomic E-state index is 12.9. The molecule has 1 unspecified atom stereocenters. The monoisotopic (exact) mass is 374 g/mol. The van der Waals surface area contributed by atoms with Gasteiger partial charge in [0.25, 0.3) is 0 Å². The lowest BCUT2D eigenvalue weighted by Crippen LogP contribution is -2.54. The van der Waals surface area contributed by atoms with E-state index in [1.54, 1.807) is 7.11 Å². The van der Waals surface area contributed by atoms with E-state index in [-0.39, 0.29) is 11.9 Å². The molecule has 148 valence electrons. The first-order valence-electron chi connectivity index (χ1n) is 9.80. The van der Waals surface area contributed by atoms with Crippen LogP contribution in [0.5, 0.6) is 5.75 Å². The molecule has 1 aromatic carbocycles. The fourth-order valence-electron chi connectivity index (χ4n) is 4.35. The standard InChI is InChI=1S/C21H30N2O4/c1-22-12-4-3-5-18(22)19(24)23-13-10-21(11-14-23,20(25)26)15-16-6-8-17(27-2)9-7-16/h6-9,18H,3-5,10-15H2,1-2H3,(H,25,26). The molecule has 0 spiro atoms. The highest BCUT2D eigenvalue weighted by Crippen LogP contribution is 2.36. The van der Waals surface area contributed by atoms with Gasteiger partial charge in [-0.15, -0.1) is 0 Å². The molecule has 3 rings (SSSR count). The number of likely N-dealkylation sites (tertiary alicyclic amines) is 2. The van der Waals surface area contributed by atoms with Crippen LogP contribution in [0.1, 0.15) is 37.7 Å². The second kappa shape index (κ2) is 8.30.